The van der Waals surface area contributed by atoms with Gasteiger partial charge in [0.05, 0.1) is 47.4 Å². The zero-order valence-electron chi connectivity index (χ0n) is 13.5. The number of esters is 2. The second-order valence-electron chi connectivity index (χ2n) is 4.77. The summed E-state index contributed by atoms with van der Waals surface area (Å²) < 4.78 is 19.7. The van der Waals surface area contributed by atoms with Crippen LogP contribution < -0.4 is 9.47 Å². The Bertz CT molecular complexity index is 601. The molecular weight excluding hydrogens is 302 g/mol. The van der Waals surface area contributed by atoms with Gasteiger partial charge in [-0.3, -0.25) is 9.59 Å². The van der Waals surface area contributed by atoms with Gasteiger partial charge in [-0.25, -0.2) is 0 Å². The van der Waals surface area contributed by atoms with Crippen molar-refractivity contribution in [2.45, 2.75) is 18.3 Å². The van der Waals surface area contributed by atoms with Gasteiger partial charge in [0, 0.05) is 0 Å². The maximum absolute atomic E-state index is 11.7. The third kappa shape index (κ3) is 4.13. The number of nitrogens with zero attached hydrogens (tertiary/aromatic N) is 1. The molecule has 0 aliphatic rings. The molecule has 0 N–H and O–H groups in total. The molecule has 0 bridgehead atoms. The van der Waals surface area contributed by atoms with Gasteiger partial charge in [-0.05, 0) is 17.7 Å². The summed E-state index contributed by atoms with van der Waals surface area (Å²) in [5.74, 6) is -0.353. The summed E-state index contributed by atoms with van der Waals surface area (Å²) in [6.45, 7) is 0. The van der Waals surface area contributed by atoms with E-state index in [0.29, 0.717) is 17.1 Å². The van der Waals surface area contributed by atoms with Crippen molar-refractivity contribution < 1.29 is 28.5 Å². The van der Waals surface area contributed by atoms with E-state index < -0.39 is 17.4 Å². The van der Waals surface area contributed by atoms with E-state index in [1.165, 1.54) is 28.4 Å². The minimum atomic E-state index is -1.42. The SMILES string of the molecule is COC(=O)CC(C#N)(CC(=O)OC)c1ccc(OC)c(OC)c1. The van der Waals surface area contributed by atoms with E-state index in [1.54, 1.807) is 18.2 Å². The number of methoxy groups -OCH3 is 4. The average molecular weight is 321 g/mol. The van der Waals surface area contributed by atoms with Crippen LogP contribution in [0.25, 0.3) is 0 Å². The van der Waals surface area contributed by atoms with Crippen molar-refractivity contribution in [2.24, 2.45) is 0 Å². The summed E-state index contributed by atoms with van der Waals surface area (Å²) in [6, 6.07) is 6.83. The van der Waals surface area contributed by atoms with Gasteiger partial charge >= 0.3 is 11.9 Å². The summed E-state index contributed by atoms with van der Waals surface area (Å²) in [7, 11) is 5.38. The Morgan fingerprint density at radius 1 is 1.00 bits per heavy atom. The zero-order valence-corrected chi connectivity index (χ0v) is 13.5. The Morgan fingerprint density at radius 2 is 1.52 bits per heavy atom. The molecule has 23 heavy (non-hydrogen) atoms. The summed E-state index contributed by atoms with van der Waals surface area (Å²) in [6.07, 6.45) is -0.574. The average Bonchev–Trinajstić information content (AvgIpc) is 2.59. The highest BCUT2D eigenvalue weighted by molar-refractivity contribution is 5.77. The van der Waals surface area contributed by atoms with Crippen molar-refractivity contribution in [3.05, 3.63) is 23.8 Å². The maximum Gasteiger partial charge on any atom is 0.307 e. The van der Waals surface area contributed by atoms with Crippen LogP contribution in [0.3, 0.4) is 0 Å². The topological polar surface area (TPSA) is 94.9 Å². The number of ether oxygens (including phenoxy) is 4. The normalized spacial score (nSPS) is 10.4. The first-order valence-corrected chi connectivity index (χ1v) is 6.73. The molecule has 1 aromatic rings. The molecule has 0 aliphatic heterocycles. The van der Waals surface area contributed by atoms with Crippen LogP contribution >= 0.6 is 0 Å². The van der Waals surface area contributed by atoms with E-state index in [4.69, 9.17) is 9.47 Å². The maximum atomic E-state index is 11.7. The lowest BCUT2D eigenvalue weighted by atomic mass is 9.76. The van der Waals surface area contributed by atoms with E-state index in [-0.39, 0.29) is 12.8 Å². The standard InChI is InChI=1S/C16H19NO6/c1-20-12-6-5-11(7-13(12)21-2)16(10-17,8-14(18)22-3)9-15(19)23-4/h5-7H,8-9H2,1-4H3. The molecule has 0 atom stereocenters. The van der Waals surface area contributed by atoms with Crippen LogP contribution in [0, 0.1) is 11.3 Å². The summed E-state index contributed by atoms with van der Waals surface area (Å²) in [4.78, 5) is 23.5. The van der Waals surface area contributed by atoms with Crippen LogP contribution in [-0.2, 0) is 24.5 Å². The molecule has 0 saturated heterocycles. The highest BCUT2D eigenvalue weighted by atomic mass is 16.5. The molecule has 7 nitrogen and oxygen atoms in total. The van der Waals surface area contributed by atoms with Crippen LogP contribution in [0.4, 0.5) is 0 Å². The molecular formula is C16H19NO6. The van der Waals surface area contributed by atoms with Crippen LogP contribution in [0.5, 0.6) is 11.5 Å². The number of rotatable bonds is 7. The molecule has 124 valence electrons. The Hall–Kier alpha value is -2.75. The first-order chi connectivity index (χ1) is 11.0. The second-order valence-corrected chi connectivity index (χ2v) is 4.77. The van der Waals surface area contributed by atoms with E-state index in [9.17, 15) is 14.9 Å². The number of carbonyl (C=O) groups excluding carboxylic acids is 2. The molecule has 0 aliphatic carbocycles. The van der Waals surface area contributed by atoms with E-state index >= 15 is 0 Å². The number of carbonyl (C=O) groups is 2. The van der Waals surface area contributed by atoms with Crippen LogP contribution in [0.2, 0.25) is 0 Å². The van der Waals surface area contributed by atoms with Gasteiger partial charge in [-0.1, -0.05) is 6.07 Å². The highest BCUT2D eigenvalue weighted by Gasteiger charge is 2.39. The molecule has 1 rings (SSSR count). The molecule has 0 spiro atoms. The molecule has 7 heteroatoms. The molecule has 1 aromatic carbocycles. The van der Waals surface area contributed by atoms with Gasteiger partial charge in [0.2, 0.25) is 0 Å². The fourth-order valence-electron chi connectivity index (χ4n) is 2.18. The van der Waals surface area contributed by atoms with Gasteiger partial charge in [-0.2, -0.15) is 5.26 Å². The molecule has 0 saturated carbocycles. The zero-order chi connectivity index (χ0) is 17.5. The van der Waals surface area contributed by atoms with Crippen molar-refractivity contribution in [2.75, 3.05) is 28.4 Å². The second kappa shape index (κ2) is 8.03. The van der Waals surface area contributed by atoms with Crippen molar-refractivity contribution in [1.29, 1.82) is 5.26 Å². The first-order valence-electron chi connectivity index (χ1n) is 6.73. The first kappa shape index (κ1) is 18.3. The smallest absolute Gasteiger partial charge is 0.307 e. The predicted molar refractivity (Wildman–Crippen MR) is 80.1 cm³/mol. The number of benzene rings is 1. The highest BCUT2D eigenvalue weighted by Crippen LogP contribution is 2.37. The van der Waals surface area contributed by atoms with E-state index in [0.717, 1.165) is 0 Å². The molecule has 0 radical (unpaired) electrons. The van der Waals surface area contributed by atoms with E-state index in [2.05, 4.69) is 15.5 Å². The summed E-state index contributed by atoms with van der Waals surface area (Å²) in [5, 5.41) is 9.67. The predicted octanol–water partition coefficient (Wildman–Crippen LogP) is 1.59. The fraction of sp³-hybridized carbons (Fsp3) is 0.438. The Balaban J connectivity index is 3.40. The van der Waals surface area contributed by atoms with Crippen molar-refractivity contribution in [3.63, 3.8) is 0 Å². The Kier molecular flexibility index (Phi) is 6.39. The summed E-state index contributed by atoms with van der Waals surface area (Å²) in [5.41, 5.74) is -0.979. The lowest BCUT2D eigenvalue weighted by Gasteiger charge is -2.25. The molecule has 0 amide bonds. The van der Waals surface area contributed by atoms with Crippen LogP contribution in [0.1, 0.15) is 18.4 Å². The fourth-order valence-corrected chi connectivity index (χ4v) is 2.18. The summed E-state index contributed by atoms with van der Waals surface area (Å²) >= 11 is 0. The minimum Gasteiger partial charge on any atom is -0.493 e. The lowest BCUT2D eigenvalue weighted by Crippen LogP contribution is -2.31. The quantitative estimate of drug-likeness (QED) is 0.704. The third-order valence-electron chi connectivity index (χ3n) is 3.50. The van der Waals surface area contributed by atoms with Gasteiger partial charge < -0.3 is 18.9 Å². The Morgan fingerprint density at radius 3 is 1.91 bits per heavy atom. The Labute approximate surface area is 134 Å². The van der Waals surface area contributed by atoms with Gasteiger partial charge in [0.1, 0.15) is 5.41 Å². The molecule has 0 unspecified atom stereocenters. The van der Waals surface area contributed by atoms with Gasteiger partial charge in [0.15, 0.2) is 11.5 Å². The van der Waals surface area contributed by atoms with Crippen LogP contribution in [0.15, 0.2) is 18.2 Å². The van der Waals surface area contributed by atoms with Gasteiger partial charge in [0.25, 0.3) is 0 Å². The molecule has 0 fully saturated rings. The largest absolute Gasteiger partial charge is 0.493 e. The van der Waals surface area contributed by atoms with Gasteiger partial charge in [-0.15, -0.1) is 0 Å². The molecule has 0 heterocycles. The van der Waals surface area contributed by atoms with Crippen molar-refractivity contribution in [1.82, 2.24) is 0 Å². The van der Waals surface area contributed by atoms with Crippen LogP contribution in [-0.4, -0.2) is 40.4 Å². The monoisotopic (exact) mass is 321 g/mol. The molecule has 0 aromatic heterocycles. The number of nitriles is 1. The van der Waals surface area contributed by atoms with Crippen molar-refractivity contribution >= 4 is 11.9 Å². The van der Waals surface area contributed by atoms with Crippen molar-refractivity contribution in [3.8, 4) is 17.6 Å². The number of hydrogen-bond donors (Lipinski definition) is 0. The minimum absolute atomic E-state index is 0.287. The third-order valence-corrected chi connectivity index (χ3v) is 3.50. The lowest BCUT2D eigenvalue weighted by molar-refractivity contribution is -0.144. The number of hydrogen-bond acceptors (Lipinski definition) is 7. The van der Waals surface area contributed by atoms with E-state index in [1.807, 2.05) is 0 Å².